The lowest BCUT2D eigenvalue weighted by Gasteiger charge is -2.29. The Morgan fingerprint density at radius 3 is 2.69 bits per heavy atom. The molecule has 29 heavy (non-hydrogen) atoms. The average Bonchev–Trinajstić information content (AvgIpc) is 3.21. The predicted octanol–water partition coefficient (Wildman–Crippen LogP) is 4.33. The van der Waals surface area contributed by atoms with E-state index in [0.29, 0.717) is 5.92 Å². The third-order valence-corrected chi connectivity index (χ3v) is 6.38. The summed E-state index contributed by atoms with van der Waals surface area (Å²) in [6, 6.07) is 10.6. The van der Waals surface area contributed by atoms with Gasteiger partial charge in [0.2, 0.25) is 0 Å². The van der Waals surface area contributed by atoms with Gasteiger partial charge in [-0.15, -0.1) is 0 Å². The molecule has 0 atom stereocenters. The van der Waals surface area contributed by atoms with Gasteiger partial charge < -0.3 is 4.57 Å². The van der Waals surface area contributed by atoms with Crippen LogP contribution in [0, 0.1) is 0 Å². The van der Waals surface area contributed by atoms with E-state index in [1.54, 1.807) is 0 Å². The van der Waals surface area contributed by atoms with Gasteiger partial charge in [0.05, 0.1) is 12.0 Å². The molecule has 2 aromatic heterocycles. The van der Waals surface area contributed by atoms with Gasteiger partial charge in [0, 0.05) is 62.2 Å². The second-order valence-electron chi connectivity index (χ2n) is 8.49. The Balaban J connectivity index is 1.25. The summed E-state index contributed by atoms with van der Waals surface area (Å²) in [6.45, 7) is 3.76. The lowest BCUT2D eigenvalue weighted by atomic mass is 9.88. The Morgan fingerprint density at radius 1 is 0.966 bits per heavy atom. The number of benzene rings is 1. The van der Waals surface area contributed by atoms with Crippen molar-refractivity contribution in [2.24, 2.45) is 0 Å². The minimum Gasteiger partial charge on any atom is -0.329 e. The van der Waals surface area contributed by atoms with Gasteiger partial charge in [-0.05, 0) is 18.4 Å². The van der Waals surface area contributed by atoms with Crippen molar-refractivity contribution in [3.63, 3.8) is 0 Å². The molecule has 0 saturated heterocycles. The van der Waals surface area contributed by atoms with E-state index in [-0.39, 0.29) is 0 Å². The number of rotatable bonds is 5. The minimum atomic E-state index is 0.583. The van der Waals surface area contributed by atoms with Gasteiger partial charge in [0.25, 0.3) is 0 Å². The van der Waals surface area contributed by atoms with Crippen LogP contribution in [0.15, 0.2) is 49.1 Å². The van der Waals surface area contributed by atoms with Crippen molar-refractivity contribution in [3.05, 3.63) is 77.4 Å². The van der Waals surface area contributed by atoms with E-state index in [2.05, 4.69) is 51.0 Å². The maximum atomic E-state index is 4.99. The Morgan fingerprint density at radius 2 is 1.83 bits per heavy atom. The summed E-state index contributed by atoms with van der Waals surface area (Å²) in [7, 11) is 0. The van der Waals surface area contributed by atoms with Crippen molar-refractivity contribution in [1.82, 2.24) is 24.4 Å². The summed E-state index contributed by atoms with van der Waals surface area (Å²) >= 11 is 0. The number of hydrogen-bond acceptors (Lipinski definition) is 4. The molecule has 5 rings (SSSR count). The quantitative estimate of drug-likeness (QED) is 0.654. The third kappa shape index (κ3) is 4.25. The van der Waals surface area contributed by atoms with Gasteiger partial charge in [-0.2, -0.15) is 0 Å². The van der Waals surface area contributed by atoms with Crippen LogP contribution in [0.25, 0.3) is 0 Å². The highest BCUT2D eigenvalue weighted by molar-refractivity contribution is 5.22. The summed E-state index contributed by atoms with van der Waals surface area (Å²) in [5, 5.41) is 0. The number of hydrogen-bond donors (Lipinski definition) is 0. The van der Waals surface area contributed by atoms with E-state index >= 15 is 0 Å². The fourth-order valence-corrected chi connectivity index (χ4v) is 4.71. The first-order chi connectivity index (χ1) is 14.3. The fourth-order valence-electron chi connectivity index (χ4n) is 4.71. The van der Waals surface area contributed by atoms with Crippen LogP contribution < -0.4 is 0 Å². The maximum Gasteiger partial charge on any atom is 0.131 e. The van der Waals surface area contributed by atoms with E-state index in [1.807, 2.05) is 12.5 Å². The molecular weight excluding hydrogens is 358 g/mol. The minimum absolute atomic E-state index is 0.583. The zero-order chi connectivity index (χ0) is 19.5. The molecule has 0 amide bonds. The molecule has 1 fully saturated rings. The SMILES string of the molecule is c1ccc(Cn2cncc2CN2CCc3nc(C4CCCCC4)ncc3C2)cc1. The molecule has 3 aromatic rings. The Kier molecular flexibility index (Phi) is 5.39. The van der Waals surface area contributed by atoms with Crippen molar-refractivity contribution < 1.29 is 0 Å². The summed E-state index contributed by atoms with van der Waals surface area (Å²) in [5.41, 5.74) is 5.14. The molecule has 0 radical (unpaired) electrons. The van der Waals surface area contributed by atoms with Crippen LogP contribution in [0.4, 0.5) is 0 Å². The van der Waals surface area contributed by atoms with Gasteiger partial charge >= 0.3 is 0 Å². The zero-order valence-electron chi connectivity index (χ0n) is 17.0. The first kappa shape index (κ1) is 18.5. The van der Waals surface area contributed by atoms with Crippen molar-refractivity contribution in [1.29, 1.82) is 0 Å². The Hall–Kier alpha value is -2.53. The smallest absolute Gasteiger partial charge is 0.131 e. The molecular formula is C24H29N5. The van der Waals surface area contributed by atoms with E-state index < -0.39 is 0 Å². The summed E-state index contributed by atoms with van der Waals surface area (Å²) in [4.78, 5) is 16.6. The Bertz CT molecular complexity index is 943. The van der Waals surface area contributed by atoms with Gasteiger partial charge in [-0.3, -0.25) is 4.90 Å². The molecule has 0 N–H and O–H groups in total. The molecule has 1 aliphatic heterocycles. The molecule has 0 unspecified atom stereocenters. The number of nitrogens with zero attached hydrogens (tertiary/aromatic N) is 5. The summed E-state index contributed by atoms with van der Waals surface area (Å²) in [5.74, 6) is 1.68. The third-order valence-electron chi connectivity index (χ3n) is 6.38. The second-order valence-corrected chi connectivity index (χ2v) is 8.49. The van der Waals surface area contributed by atoms with Gasteiger partial charge in [0.1, 0.15) is 5.82 Å². The van der Waals surface area contributed by atoms with Gasteiger partial charge in [-0.1, -0.05) is 49.6 Å². The van der Waals surface area contributed by atoms with Crippen molar-refractivity contribution >= 4 is 0 Å². The van der Waals surface area contributed by atoms with E-state index in [9.17, 15) is 0 Å². The molecule has 1 aliphatic carbocycles. The van der Waals surface area contributed by atoms with Crippen molar-refractivity contribution in [2.45, 2.75) is 64.1 Å². The fraction of sp³-hybridized carbons (Fsp3) is 0.458. The largest absolute Gasteiger partial charge is 0.329 e. The van der Waals surface area contributed by atoms with Crippen LogP contribution in [-0.2, 0) is 26.1 Å². The highest BCUT2D eigenvalue weighted by atomic mass is 15.2. The number of imidazole rings is 1. The second kappa shape index (κ2) is 8.46. The molecule has 1 aromatic carbocycles. The molecule has 3 heterocycles. The van der Waals surface area contributed by atoms with E-state index in [4.69, 9.17) is 9.97 Å². The predicted molar refractivity (Wildman–Crippen MR) is 113 cm³/mol. The number of aromatic nitrogens is 4. The molecule has 5 nitrogen and oxygen atoms in total. The molecule has 1 saturated carbocycles. The first-order valence-electron chi connectivity index (χ1n) is 10.9. The van der Waals surface area contributed by atoms with E-state index in [0.717, 1.165) is 38.4 Å². The standard InChI is InChI=1S/C24H29N5/c1-3-7-19(8-4-1)15-29-18-25-14-22(29)17-28-12-11-23-21(16-28)13-26-24(27-23)20-9-5-2-6-10-20/h1,3-4,7-8,13-14,18,20H,2,5-6,9-12,15-17H2. The molecule has 150 valence electrons. The molecule has 0 bridgehead atoms. The molecule has 0 spiro atoms. The van der Waals surface area contributed by atoms with Crippen molar-refractivity contribution in [3.8, 4) is 0 Å². The van der Waals surface area contributed by atoms with Gasteiger partial charge in [-0.25, -0.2) is 15.0 Å². The van der Waals surface area contributed by atoms with Crippen LogP contribution in [0.3, 0.4) is 0 Å². The zero-order valence-corrected chi connectivity index (χ0v) is 17.0. The lowest BCUT2D eigenvalue weighted by molar-refractivity contribution is 0.236. The summed E-state index contributed by atoms with van der Waals surface area (Å²) < 4.78 is 2.26. The van der Waals surface area contributed by atoms with Crippen molar-refractivity contribution in [2.75, 3.05) is 6.54 Å². The lowest BCUT2D eigenvalue weighted by Crippen LogP contribution is -2.32. The molecule has 2 aliphatic rings. The van der Waals surface area contributed by atoms with Crippen LogP contribution in [0.1, 0.15) is 66.4 Å². The maximum absolute atomic E-state index is 4.99. The monoisotopic (exact) mass is 387 g/mol. The average molecular weight is 388 g/mol. The topological polar surface area (TPSA) is 46.8 Å². The van der Waals surface area contributed by atoms with Crippen LogP contribution >= 0.6 is 0 Å². The normalized spacial score (nSPS) is 17.9. The van der Waals surface area contributed by atoms with Crippen LogP contribution in [0.2, 0.25) is 0 Å². The summed E-state index contributed by atoms with van der Waals surface area (Å²) in [6.07, 6.45) is 13.6. The molecule has 5 heteroatoms. The van der Waals surface area contributed by atoms with Gasteiger partial charge in [0.15, 0.2) is 0 Å². The Labute approximate surface area is 172 Å². The first-order valence-corrected chi connectivity index (χ1v) is 10.9. The van der Waals surface area contributed by atoms with Crippen LogP contribution in [-0.4, -0.2) is 31.0 Å². The van der Waals surface area contributed by atoms with E-state index in [1.165, 1.54) is 54.6 Å². The number of fused-ring (bicyclic) bond motifs is 1. The highest BCUT2D eigenvalue weighted by Crippen LogP contribution is 2.31. The van der Waals surface area contributed by atoms with Crippen LogP contribution in [0.5, 0.6) is 0 Å². The highest BCUT2D eigenvalue weighted by Gasteiger charge is 2.23.